The van der Waals surface area contributed by atoms with E-state index in [4.69, 9.17) is 9.73 Å². The van der Waals surface area contributed by atoms with Crippen molar-refractivity contribution in [2.45, 2.75) is 58.6 Å². The van der Waals surface area contributed by atoms with Crippen LogP contribution in [-0.4, -0.2) is 37.9 Å². The minimum Gasteiger partial charge on any atom is -0.396 e. The Morgan fingerprint density at radius 3 is 2.48 bits per heavy atom. The second kappa shape index (κ2) is 13.3. The van der Waals surface area contributed by atoms with Gasteiger partial charge in [0.2, 0.25) is 0 Å². The van der Waals surface area contributed by atoms with Crippen LogP contribution in [0.4, 0.5) is 0 Å². The van der Waals surface area contributed by atoms with Gasteiger partial charge in [0.15, 0.2) is 5.96 Å². The Labute approximate surface area is 181 Å². The summed E-state index contributed by atoms with van der Waals surface area (Å²) in [6.45, 7) is 5.29. The molecule has 0 aromatic heterocycles. The van der Waals surface area contributed by atoms with Gasteiger partial charge in [-0.05, 0) is 42.7 Å². The Morgan fingerprint density at radius 2 is 1.85 bits per heavy atom. The van der Waals surface area contributed by atoms with Gasteiger partial charge in [-0.2, -0.15) is 0 Å². The number of aliphatic imine (C=N–C) groups is 1. The second-order valence-electron chi connectivity index (χ2n) is 7.28. The first-order valence-corrected chi connectivity index (χ1v) is 9.92. The molecular formula is C21H36IN3O2. The zero-order valence-corrected chi connectivity index (χ0v) is 19.1. The third kappa shape index (κ3) is 7.95. The lowest BCUT2D eigenvalue weighted by Gasteiger charge is -2.37. The van der Waals surface area contributed by atoms with Crippen molar-refractivity contribution in [3.8, 4) is 0 Å². The molecule has 3 N–H and O–H groups in total. The van der Waals surface area contributed by atoms with Crippen LogP contribution in [0, 0.1) is 5.41 Å². The fourth-order valence-electron chi connectivity index (χ4n) is 3.84. The molecule has 0 bridgehead atoms. The van der Waals surface area contributed by atoms with Crippen LogP contribution in [0.5, 0.6) is 0 Å². The van der Waals surface area contributed by atoms with Crippen LogP contribution in [0.2, 0.25) is 0 Å². The lowest BCUT2D eigenvalue weighted by molar-refractivity contribution is 0.131. The molecule has 2 rings (SSSR count). The van der Waals surface area contributed by atoms with Gasteiger partial charge in [-0.25, -0.2) is 4.99 Å². The highest BCUT2D eigenvalue weighted by molar-refractivity contribution is 14.0. The fourth-order valence-corrected chi connectivity index (χ4v) is 3.84. The average Bonchev–Trinajstić information content (AvgIpc) is 2.66. The predicted octanol–water partition coefficient (Wildman–Crippen LogP) is 3.84. The first-order chi connectivity index (χ1) is 12.7. The minimum atomic E-state index is 0. The van der Waals surface area contributed by atoms with Gasteiger partial charge in [-0.3, -0.25) is 0 Å². The Balaban J connectivity index is 0.00000364. The Kier molecular flexibility index (Phi) is 11.9. The van der Waals surface area contributed by atoms with Crippen molar-refractivity contribution in [1.82, 2.24) is 10.6 Å². The number of benzene rings is 1. The van der Waals surface area contributed by atoms with Crippen molar-refractivity contribution in [3.63, 3.8) is 0 Å². The SMILES string of the molecule is CCNC(=NCc1ccccc1COC)NCC1(CCO)CCCCC1.I. The Morgan fingerprint density at radius 1 is 1.15 bits per heavy atom. The van der Waals surface area contributed by atoms with Crippen molar-refractivity contribution in [1.29, 1.82) is 0 Å². The molecule has 1 aromatic carbocycles. The summed E-state index contributed by atoms with van der Waals surface area (Å²) in [5.74, 6) is 0.850. The molecule has 27 heavy (non-hydrogen) atoms. The van der Waals surface area contributed by atoms with Crippen molar-refractivity contribution in [2.75, 3.05) is 26.8 Å². The van der Waals surface area contributed by atoms with Crippen molar-refractivity contribution < 1.29 is 9.84 Å². The molecule has 0 unspecified atom stereocenters. The first-order valence-electron chi connectivity index (χ1n) is 9.92. The van der Waals surface area contributed by atoms with Gasteiger partial charge in [0.1, 0.15) is 0 Å². The fraction of sp³-hybridized carbons (Fsp3) is 0.667. The van der Waals surface area contributed by atoms with Crippen molar-refractivity contribution in [2.24, 2.45) is 10.4 Å². The number of hydrogen-bond donors (Lipinski definition) is 3. The summed E-state index contributed by atoms with van der Waals surface area (Å²) < 4.78 is 5.29. The zero-order chi connectivity index (χ0) is 18.7. The summed E-state index contributed by atoms with van der Waals surface area (Å²) in [5.41, 5.74) is 2.57. The number of halogens is 1. The van der Waals surface area contributed by atoms with Gasteiger partial charge in [0, 0.05) is 26.8 Å². The molecule has 5 nitrogen and oxygen atoms in total. The van der Waals surface area contributed by atoms with Crippen LogP contribution in [-0.2, 0) is 17.9 Å². The summed E-state index contributed by atoms with van der Waals surface area (Å²) in [6.07, 6.45) is 7.10. The van der Waals surface area contributed by atoms with E-state index < -0.39 is 0 Å². The van der Waals surface area contributed by atoms with Crippen LogP contribution in [0.15, 0.2) is 29.3 Å². The molecule has 0 saturated heterocycles. The monoisotopic (exact) mass is 489 g/mol. The summed E-state index contributed by atoms with van der Waals surface area (Å²) in [5, 5.41) is 16.4. The molecule has 1 saturated carbocycles. The number of nitrogens with zero attached hydrogens (tertiary/aromatic N) is 1. The van der Waals surface area contributed by atoms with E-state index >= 15 is 0 Å². The molecular weight excluding hydrogens is 453 g/mol. The highest BCUT2D eigenvalue weighted by atomic mass is 127. The number of aliphatic hydroxyl groups is 1. The van der Waals surface area contributed by atoms with E-state index in [0.29, 0.717) is 13.2 Å². The van der Waals surface area contributed by atoms with Crippen molar-refractivity contribution >= 4 is 29.9 Å². The summed E-state index contributed by atoms with van der Waals surface area (Å²) in [6, 6.07) is 8.28. The molecule has 0 heterocycles. The minimum absolute atomic E-state index is 0. The maximum atomic E-state index is 9.50. The molecule has 0 atom stereocenters. The van der Waals surface area contributed by atoms with E-state index in [9.17, 15) is 5.11 Å². The highest BCUT2D eigenvalue weighted by Crippen LogP contribution is 2.38. The maximum Gasteiger partial charge on any atom is 0.191 e. The molecule has 0 amide bonds. The molecule has 0 radical (unpaired) electrons. The Bertz CT molecular complexity index is 555. The van der Waals surface area contributed by atoms with E-state index in [0.717, 1.165) is 25.5 Å². The molecule has 6 heteroatoms. The molecule has 1 aliphatic carbocycles. The quantitative estimate of drug-likeness (QED) is 0.280. The number of rotatable bonds is 9. The third-order valence-electron chi connectivity index (χ3n) is 5.36. The number of hydrogen-bond acceptors (Lipinski definition) is 3. The molecule has 1 aromatic rings. The van der Waals surface area contributed by atoms with Gasteiger partial charge in [0.05, 0.1) is 13.2 Å². The number of methoxy groups -OCH3 is 1. The Hall–Kier alpha value is -0.860. The molecule has 0 aliphatic heterocycles. The van der Waals surface area contributed by atoms with E-state index in [1.165, 1.54) is 43.2 Å². The molecule has 1 fully saturated rings. The topological polar surface area (TPSA) is 65.9 Å². The summed E-state index contributed by atoms with van der Waals surface area (Å²) in [4.78, 5) is 4.78. The molecule has 154 valence electrons. The molecule has 1 aliphatic rings. The van der Waals surface area contributed by atoms with Gasteiger partial charge >= 0.3 is 0 Å². The van der Waals surface area contributed by atoms with Crippen LogP contribution >= 0.6 is 24.0 Å². The van der Waals surface area contributed by atoms with Crippen LogP contribution in [0.1, 0.15) is 56.6 Å². The standard InChI is InChI=1S/C21H35N3O2.HI/c1-3-22-20(23-15-18-9-5-6-10-19(18)16-26-2)24-17-21(13-14-25)11-7-4-8-12-21;/h5-6,9-10,25H,3-4,7-8,11-17H2,1-2H3,(H2,22,23,24);1H. The largest absolute Gasteiger partial charge is 0.396 e. The third-order valence-corrected chi connectivity index (χ3v) is 5.36. The van der Waals surface area contributed by atoms with E-state index in [2.05, 4.69) is 29.7 Å². The van der Waals surface area contributed by atoms with E-state index in [-0.39, 0.29) is 36.0 Å². The number of ether oxygens (including phenoxy) is 1. The summed E-state index contributed by atoms with van der Waals surface area (Å²) in [7, 11) is 1.72. The lowest BCUT2D eigenvalue weighted by atomic mass is 9.72. The normalized spacial score (nSPS) is 16.5. The van der Waals surface area contributed by atoms with Gasteiger partial charge in [-0.1, -0.05) is 43.5 Å². The second-order valence-corrected chi connectivity index (χ2v) is 7.28. The summed E-state index contributed by atoms with van der Waals surface area (Å²) >= 11 is 0. The van der Waals surface area contributed by atoms with Crippen LogP contribution < -0.4 is 10.6 Å². The van der Waals surface area contributed by atoms with E-state index in [1.807, 2.05) is 12.1 Å². The zero-order valence-electron chi connectivity index (χ0n) is 16.8. The van der Waals surface area contributed by atoms with Crippen LogP contribution in [0.25, 0.3) is 0 Å². The van der Waals surface area contributed by atoms with Gasteiger partial charge < -0.3 is 20.5 Å². The van der Waals surface area contributed by atoms with Crippen molar-refractivity contribution in [3.05, 3.63) is 35.4 Å². The highest BCUT2D eigenvalue weighted by Gasteiger charge is 2.31. The van der Waals surface area contributed by atoms with Gasteiger partial charge in [0.25, 0.3) is 0 Å². The molecule has 0 spiro atoms. The predicted molar refractivity (Wildman–Crippen MR) is 123 cm³/mol. The lowest BCUT2D eigenvalue weighted by Crippen LogP contribution is -2.45. The number of guanidine groups is 1. The first kappa shape index (κ1) is 24.2. The average molecular weight is 489 g/mol. The maximum absolute atomic E-state index is 9.50. The van der Waals surface area contributed by atoms with Gasteiger partial charge in [-0.15, -0.1) is 24.0 Å². The smallest absolute Gasteiger partial charge is 0.191 e. The van der Waals surface area contributed by atoms with Crippen LogP contribution in [0.3, 0.4) is 0 Å². The number of aliphatic hydroxyl groups excluding tert-OH is 1. The van der Waals surface area contributed by atoms with E-state index in [1.54, 1.807) is 7.11 Å². The number of nitrogens with one attached hydrogen (secondary N) is 2.